The molecule has 104 valence electrons. The first-order valence-corrected chi connectivity index (χ1v) is 6.83. The fraction of sp³-hybridized carbons (Fsp3) is 0.583. The highest BCUT2D eigenvalue weighted by atomic mass is 32.1. The van der Waals surface area contributed by atoms with Crippen LogP contribution in [-0.2, 0) is 16.5 Å². The SMILES string of the molecule is O=C1COC2(CCNCC2)c2sc(C(F)(F)F)cc21. The lowest BCUT2D eigenvalue weighted by Crippen LogP contribution is -2.45. The lowest BCUT2D eigenvalue weighted by Gasteiger charge is -2.39. The molecule has 3 heterocycles. The van der Waals surface area contributed by atoms with Crippen molar-refractivity contribution in [1.82, 2.24) is 5.32 Å². The highest BCUT2D eigenvalue weighted by molar-refractivity contribution is 7.12. The van der Waals surface area contributed by atoms with Crippen molar-refractivity contribution < 1.29 is 22.7 Å². The normalized spacial score (nSPS) is 22.6. The van der Waals surface area contributed by atoms with Crippen LogP contribution in [0.15, 0.2) is 6.07 Å². The lowest BCUT2D eigenvalue weighted by atomic mass is 9.86. The van der Waals surface area contributed by atoms with Crippen molar-refractivity contribution in [2.45, 2.75) is 24.6 Å². The van der Waals surface area contributed by atoms with Crippen molar-refractivity contribution in [1.29, 1.82) is 0 Å². The Bertz CT molecular complexity index is 518. The Morgan fingerprint density at radius 1 is 1.32 bits per heavy atom. The summed E-state index contributed by atoms with van der Waals surface area (Å²) in [7, 11) is 0. The number of thiophene rings is 1. The van der Waals surface area contributed by atoms with Gasteiger partial charge in [-0.05, 0) is 32.0 Å². The van der Waals surface area contributed by atoms with Gasteiger partial charge in [0.15, 0.2) is 5.78 Å². The average Bonchev–Trinajstić information content (AvgIpc) is 2.82. The molecule has 2 aliphatic rings. The van der Waals surface area contributed by atoms with Crippen LogP contribution >= 0.6 is 11.3 Å². The van der Waals surface area contributed by atoms with Crippen LogP contribution in [0.25, 0.3) is 0 Å². The summed E-state index contributed by atoms with van der Waals surface area (Å²) in [6.07, 6.45) is -3.20. The maximum absolute atomic E-state index is 12.8. The van der Waals surface area contributed by atoms with E-state index in [0.29, 0.717) is 42.1 Å². The molecule has 0 saturated carbocycles. The Morgan fingerprint density at radius 3 is 2.63 bits per heavy atom. The zero-order valence-electron chi connectivity index (χ0n) is 9.97. The molecular weight excluding hydrogens is 279 g/mol. The third-order valence-corrected chi connectivity index (χ3v) is 4.98. The van der Waals surface area contributed by atoms with Gasteiger partial charge in [0.2, 0.25) is 0 Å². The van der Waals surface area contributed by atoms with Crippen molar-refractivity contribution in [2.24, 2.45) is 0 Å². The summed E-state index contributed by atoms with van der Waals surface area (Å²) in [6.45, 7) is 1.25. The molecule has 7 heteroatoms. The summed E-state index contributed by atoms with van der Waals surface area (Å²) >= 11 is 0.653. The molecule has 2 aliphatic heterocycles. The maximum Gasteiger partial charge on any atom is 0.425 e. The second-order valence-corrected chi connectivity index (χ2v) is 5.86. The van der Waals surface area contributed by atoms with Gasteiger partial charge >= 0.3 is 6.18 Å². The molecule has 3 rings (SSSR count). The van der Waals surface area contributed by atoms with Crippen LogP contribution in [0.4, 0.5) is 13.2 Å². The summed E-state index contributed by atoms with van der Waals surface area (Å²) in [6, 6.07) is 0.981. The quantitative estimate of drug-likeness (QED) is 0.798. The van der Waals surface area contributed by atoms with Crippen LogP contribution in [0.3, 0.4) is 0 Å². The molecule has 1 saturated heterocycles. The molecule has 0 amide bonds. The van der Waals surface area contributed by atoms with E-state index in [1.807, 2.05) is 0 Å². The number of ether oxygens (including phenoxy) is 1. The fourth-order valence-electron chi connectivity index (χ4n) is 2.63. The smallest absolute Gasteiger partial charge is 0.361 e. The molecule has 3 nitrogen and oxygen atoms in total. The first-order valence-electron chi connectivity index (χ1n) is 6.02. The number of hydrogen-bond donors (Lipinski definition) is 1. The molecule has 0 atom stereocenters. The largest absolute Gasteiger partial charge is 0.425 e. The number of rotatable bonds is 0. The molecule has 0 aromatic carbocycles. The van der Waals surface area contributed by atoms with E-state index < -0.39 is 16.7 Å². The summed E-state index contributed by atoms with van der Waals surface area (Å²) in [4.78, 5) is 11.5. The molecule has 1 spiro atoms. The number of fused-ring (bicyclic) bond motifs is 2. The maximum atomic E-state index is 12.8. The van der Waals surface area contributed by atoms with Crippen molar-refractivity contribution in [2.75, 3.05) is 19.7 Å². The minimum absolute atomic E-state index is 0.124. The van der Waals surface area contributed by atoms with Crippen LogP contribution in [0, 0.1) is 0 Å². The predicted molar refractivity (Wildman–Crippen MR) is 63.4 cm³/mol. The minimum Gasteiger partial charge on any atom is -0.361 e. The van der Waals surface area contributed by atoms with Gasteiger partial charge in [-0.1, -0.05) is 0 Å². The molecule has 1 N–H and O–H groups in total. The number of ketones is 1. The van der Waals surface area contributed by atoms with Gasteiger partial charge in [0, 0.05) is 10.4 Å². The van der Waals surface area contributed by atoms with Crippen molar-refractivity contribution in [3.05, 3.63) is 21.4 Å². The van der Waals surface area contributed by atoms with Gasteiger partial charge in [-0.15, -0.1) is 11.3 Å². The van der Waals surface area contributed by atoms with E-state index in [1.165, 1.54) is 0 Å². The monoisotopic (exact) mass is 291 g/mol. The van der Waals surface area contributed by atoms with Crippen molar-refractivity contribution in [3.8, 4) is 0 Å². The zero-order chi connectivity index (χ0) is 13.7. The summed E-state index contributed by atoms with van der Waals surface area (Å²) < 4.78 is 44.0. The number of hydrogen-bond acceptors (Lipinski definition) is 4. The number of halogens is 3. The van der Waals surface area contributed by atoms with Crippen molar-refractivity contribution >= 4 is 17.1 Å². The third-order valence-electron chi connectivity index (χ3n) is 3.62. The van der Waals surface area contributed by atoms with Crippen molar-refractivity contribution in [3.63, 3.8) is 0 Å². The summed E-state index contributed by atoms with van der Waals surface area (Å²) in [5.74, 6) is -0.356. The molecule has 1 aromatic heterocycles. The van der Waals surface area contributed by atoms with Gasteiger partial charge in [-0.25, -0.2) is 0 Å². The van der Waals surface area contributed by atoms with Gasteiger partial charge in [0.05, 0.1) is 0 Å². The van der Waals surface area contributed by atoms with Crippen LogP contribution in [0.2, 0.25) is 0 Å². The van der Waals surface area contributed by atoms with E-state index in [2.05, 4.69) is 5.32 Å². The van der Waals surface area contributed by atoms with E-state index in [-0.39, 0.29) is 18.0 Å². The molecule has 1 aromatic rings. The van der Waals surface area contributed by atoms with Gasteiger partial charge in [0.1, 0.15) is 17.1 Å². The highest BCUT2D eigenvalue weighted by Crippen LogP contribution is 2.47. The number of carbonyl (C=O) groups is 1. The average molecular weight is 291 g/mol. The number of alkyl halides is 3. The second kappa shape index (κ2) is 4.29. The number of piperidine rings is 1. The van der Waals surface area contributed by atoms with Crippen LogP contribution in [0.1, 0.15) is 33.0 Å². The number of nitrogens with one attached hydrogen (secondary N) is 1. The standard InChI is InChI=1S/C12H12F3NO2S/c13-12(14,15)9-5-7-8(17)6-18-11(10(7)19-9)1-3-16-4-2-11/h5,16H,1-4,6H2. The molecule has 0 unspecified atom stereocenters. The summed E-state index contributed by atoms with van der Waals surface area (Å²) in [5.41, 5.74) is -0.506. The molecule has 0 aliphatic carbocycles. The van der Waals surface area contributed by atoms with E-state index in [1.54, 1.807) is 0 Å². The molecule has 19 heavy (non-hydrogen) atoms. The first-order chi connectivity index (χ1) is 8.92. The van der Waals surface area contributed by atoms with Crippen LogP contribution in [-0.4, -0.2) is 25.5 Å². The van der Waals surface area contributed by atoms with Crippen LogP contribution < -0.4 is 5.32 Å². The molecular formula is C12H12F3NO2S. The summed E-state index contributed by atoms with van der Waals surface area (Å²) in [5, 5.41) is 3.15. The van der Waals surface area contributed by atoms with E-state index in [4.69, 9.17) is 4.74 Å². The zero-order valence-corrected chi connectivity index (χ0v) is 10.8. The molecule has 1 fully saturated rings. The van der Waals surface area contributed by atoms with Gasteiger partial charge in [-0.3, -0.25) is 4.79 Å². The highest BCUT2D eigenvalue weighted by Gasteiger charge is 2.46. The Balaban J connectivity index is 2.09. The number of Topliss-reactive ketones (excluding diaryl/α,β-unsaturated/α-hetero) is 1. The fourth-order valence-corrected chi connectivity index (χ4v) is 3.87. The Morgan fingerprint density at radius 2 is 2.00 bits per heavy atom. The van der Waals surface area contributed by atoms with Gasteiger partial charge in [0.25, 0.3) is 0 Å². The van der Waals surface area contributed by atoms with E-state index in [9.17, 15) is 18.0 Å². The topological polar surface area (TPSA) is 38.3 Å². The second-order valence-electron chi connectivity index (χ2n) is 4.81. The van der Waals surface area contributed by atoms with E-state index >= 15 is 0 Å². The number of carbonyl (C=O) groups excluding carboxylic acids is 1. The lowest BCUT2D eigenvalue weighted by molar-refractivity contribution is -0.134. The first kappa shape index (κ1) is 13.1. The van der Waals surface area contributed by atoms with Crippen LogP contribution in [0.5, 0.6) is 0 Å². The van der Waals surface area contributed by atoms with E-state index in [0.717, 1.165) is 6.07 Å². The van der Waals surface area contributed by atoms with Gasteiger partial charge in [-0.2, -0.15) is 13.2 Å². The third kappa shape index (κ3) is 2.09. The predicted octanol–water partition coefficient (Wildman–Crippen LogP) is 2.56. The Kier molecular flexibility index (Phi) is 2.95. The Labute approximate surface area is 111 Å². The van der Waals surface area contributed by atoms with Gasteiger partial charge < -0.3 is 10.1 Å². The Hall–Kier alpha value is -0.920. The molecule has 0 radical (unpaired) electrons. The molecule has 0 bridgehead atoms. The minimum atomic E-state index is -4.41.